The molecule has 118 valence electrons. The fourth-order valence-corrected chi connectivity index (χ4v) is 1.82. The number of amides is 1. The molecule has 0 aliphatic rings. The summed E-state index contributed by atoms with van der Waals surface area (Å²) >= 11 is 4.68. The Morgan fingerprint density at radius 3 is 2.13 bits per heavy atom. The minimum absolute atomic E-state index is 0.106. The highest BCUT2D eigenvalue weighted by atomic mass is 32.1. The van der Waals surface area contributed by atoms with Crippen LogP contribution in [0.25, 0.3) is 5.70 Å². The lowest BCUT2D eigenvalue weighted by atomic mass is 10.1. The maximum absolute atomic E-state index is 12.8. The number of carbonyl (C=O) groups is 1. The van der Waals surface area contributed by atoms with E-state index in [9.17, 15) is 9.18 Å². The molecule has 0 aliphatic heterocycles. The molecule has 0 spiro atoms. The highest BCUT2D eigenvalue weighted by molar-refractivity contribution is 7.80. The molecule has 0 radical (unpaired) electrons. The van der Waals surface area contributed by atoms with Crippen LogP contribution >= 0.6 is 12.2 Å². The van der Waals surface area contributed by atoms with Crippen LogP contribution in [-0.4, -0.2) is 11.0 Å². The van der Waals surface area contributed by atoms with Crippen molar-refractivity contribution >= 4 is 34.6 Å². The summed E-state index contributed by atoms with van der Waals surface area (Å²) in [5, 5.41) is 2.83. The van der Waals surface area contributed by atoms with Gasteiger partial charge in [-0.3, -0.25) is 15.6 Å². The number of nitrogens with two attached hydrogens (primary N) is 1. The predicted octanol–water partition coefficient (Wildman–Crippen LogP) is 2.39. The van der Waals surface area contributed by atoms with Gasteiger partial charge in [0.2, 0.25) is 0 Å². The Morgan fingerprint density at radius 1 is 1.00 bits per heavy atom. The van der Waals surface area contributed by atoms with E-state index in [1.54, 1.807) is 24.3 Å². The van der Waals surface area contributed by atoms with Crippen molar-refractivity contribution in [1.82, 2.24) is 10.9 Å². The van der Waals surface area contributed by atoms with Gasteiger partial charge in [0.25, 0.3) is 5.91 Å². The molecule has 0 saturated heterocycles. The van der Waals surface area contributed by atoms with E-state index in [-0.39, 0.29) is 16.8 Å². The quantitative estimate of drug-likeness (QED) is 0.500. The SMILES string of the molecule is C=C(NNC(N)=S)c1ccc(NC(=O)c2ccc(F)cc2)cc1. The van der Waals surface area contributed by atoms with Crippen LogP contribution in [0.3, 0.4) is 0 Å². The molecule has 0 heterocycles. The Hall–Kier alpha value is -2.93. The van der Waals surface area contributed by atoms with Crippen LogP contribution in [0, 0.1) is 5.82 Å². The number of hydrazine groups is 1. The number of hydrogen-bond donors (Lipinski definition) is 4. The molecule has 0 atom stereocenters. The molecule has 2 aromatic rings. The van der Waals surface area contributed by atoms with Crippen LogP contribution in [-0.2, 0) is 0 Å². The van der Waals surface area contributed by atoms with Crippen molar-refractivity contribution in [2.45, 2.75) is 0 Å². The van der Waals surface area contributed by atoms with Crippen LogP contribution in [0.5, 0.6) is 0 Å². The van der Waals surface area contributed by atoms with Gasteiger partial charge in [0.1, 0.15) is 5.82 Å². The highest BCUT2D eigenvalue weighted by Gasteiger charge is 2.06. The molecule has 5 N–H and O–H groups in total. The summed E-state index contributed by atoms with van der Waals surface area (Å²) < 4.78 is 12.8. The number of halogens is 1. The van der Waals surface area contributed by atoms with Crippen molar-refractivity contribution in [1.29, 1.82) is 0 Å². The summed E-state index contributed by atoms with van der Waals surface area (Å²) in [6.07, 6.45) is 0. The van der Waals surface area contributed by atoms with Crippen LogP contribution < -0.4 is 21.9 Å². The molecule has 0 bridgehead atoms. The predicted molar refractivity (Wildman–Crippen MR) is 92.9 cm³/mol. The monoisotopic (exact) mass is 330 g/mol. The molecule has 0 saturated carbocycles. The number of thiocarbonyl (C=S) groups is 1. The van der Waals surface area contributed by atoms with Gasteiger partial charge >= 0.3 is 0 Å². The summed E-state index contributed by atoms with van der Waals surface area (Å²) in [5.41, 5.74) is 13.0. The Labute approximate surface area is 138 Å². The standard InChI is InChI=1S/C16H15FN4OS/c1-10(20-21-16(18)23)11-4-8-14(9-5-11)19-15(22)12-2-6-13(17)7-3-12/h2-9,20H,1H2,(H,19,22)(H3,18,21,23). The van der Waals surface area contributed by atoms with E-state index < -0.39 is 0 Å². The van der Waals surface area contributed by atoms with E-state index >= 15 is 0 Å². The molecule has 0 aliphatic carbocycles. The van der Waals surface area contributed by atoms with E-state index in [1.807, 2.05) is 0 Å². The zero-order valence-electron chi connectivity index (χ0n) is 12.1. The normalized spacial score (nSPS) is 9.78. The van der Waals surface area contributed by atoms with Gasteiger partial charge in [0.05, 0.1) is 5.70 Å². The Bertz CT molecular complexity index is 729. The van der Waals surface area contributed by atoms with Gasteiger partial charge in [-0.1, -0.05) is 18.7 Å². The first-order valence-electron chi connectivity index (χ1n) is 6.63. The number of hydrogen-bond acceptors (Lipinski definition) is 3. The van der Waals surface area contributed by atoms with Crippen LogP contribution in [0.2, 0.25) is 0 Å². The minimum Gasteiger partial charge on any atom is -0.375 e. The Balaban J connectivity index is 1.99. The average Bonchev–Trinajstić information content (AvgIpc) is 2.54. The van der Waals surface area contributed by atoms with Crippen molar-refractivity contribution in [3.05, 3.63) is 72.1 Å². The van der Waals surface area contributed by atoms with E-state index in [0.29, 0.717) is 16.9 Å². The molecule has 0 unspecified atom stereocenters. The fourth-order valence-electron chi connectivity index (χ4n) is 1.77. The molecule has 0 aromatic heterocycles. The number of nitrogens with one attached hydrogen (secondary N) is 3. The number of carbonyl (C=O) groups excluding carboxylic acids is 1. The number of anilines is 1. The second-order valence-electron chi connectivity index (χ2n) is 4.63. The van der Waals surface area contributed by atoms with E-state index in [2.05, 4.69) is 35.0 Å². The maximum Gasteiger partial charge on any atom is 0.255 e. The van der Waals surface area contributed by atoms with Gasteiger partial charge in [-0.05, 0) is 54.2 Å². The summed E-state index contributed by atoms with van der Waals surface area (Å²) in [6.45, 7) is 3.83. The second kappa shape index (κ2) is 7.37. The Kier molecular flexibility index (Phi) is 5.27. The largest absolute Gasteiger partial charge is 0.375 e. The minimum atomic E-state index is -0.387. The molecule has 2 rings (SSSR count). The lowest BCUT2D eigenvalue weighted by molar-refractivity contribution is 0.102. The second-order valence-corrected chi connectivity index (χ2v) is 5.07. The molecule has 23 heavy (non-hydrogen) atoms. The van der Waals surface area contributed by atoms with Crippen molar-refractivity contribution in [3.63, 3.8) is 0 Å². The van der Waals surface area contributed by atoms with Crippen LogP contribution in [0.1, 0.15) is 15.9 Å². The zero-order valence-corrected chi connectivity index (χ0v) is 12.9. The summed E-state index contributed by atoms with van der Waals surface area (Å²) in [4.78, 5) is 12.0. The van der Waals surface area contributed by atoms with E-state index in [1.165, 1.54) is 24.3 Å². The summed E-state index contributed by atoms with van der Waals surface area (Å²) in [5.74, 6) is -0.702. The van der Waals surface area contributed by atoms with Crippen LogP contribution in [0.15, 0.2) is 55.1 Å². The van der Waals surface area contributed by atoms with Crippen LogP contribution in [0.4, 0.5) is 10.1 Å². The van der Waals surface area contributed by atoms with Gasteiger partial charge in [-0.15, -0.1) is 0 Å². The third-order valence-corrected chi connectivity index (χ3v) is 3.04. The van der Waals surface area contributed by atoms with Gasteiger partial charge in [-0.25, -0.2) is 4.39 Å². The number of benzene rings is 2. The van der Waals surface area contributed by atoms with E-state index in [0.717, 1.165) is 5.56 Å². The fraction of sp³-hybridized carbons (Fsp3) is 0. The topological polar surface area (TPSA) is 79.2 Å². The third-order valence-electron chi connectivity index (χ3n) is 2.93. The highest BCUT2D eigenvalue weighted by Crippen LogP contribution is 2.15. The number of rotatable bonds is 5. The molecular formula is C16H15FN4OS. The molecule has 5 nitrogen and oxygen atoms in total. The molecule has 0 fully saturated rings. The molecule has 2 aromatic carbocycles. The summed E-state index contributed by atoms with van der Waals surface area (Å²) in [7, 11) is 0. The van der Waals surface area contributed by atoms with Crippen molar-refractivity contribution in [2.75, 3.05) is 5.32 Å². The zero-order chi connectivity index (χ0) is 16.8. The maximum atomic E-state index is 12.8. The van der Waals surface area contributed by atoms with Gasteiger partial charge < -0.3 is 11.1 Å². The molecule has 7 heteroatoms. The lowest BCUT2D eigenvalue weighted by Crippen LogP contribution is -2.39. The first kappa shape index (κ1) is 16.4. The smallest absolute Gasteiger partial charge is 0.255 e. The van der Waals surface area contributed by atoms with Crippen molar-refractivity contribution < 1.29 is 9.18 Å². The van der Waals surface area contributed by atoms with Gasteiger partial charge in [-0.2, -0.15) is 0 Å². The molecule has 1 amide bonds. The first-order chi connectivity index (χ1) is 11.0. The Morgan fingerprint density at radius 2 is 1.57 bits per heavy atom. The van der Waals surface area contributed by atoms with Gasteiger partial charge in [0.15, 0.2) is 5.11 Å². The summed E-state index contributed by atoms with van der Waals surface area (Å²) in [6, 6.07) is 12.3. The van der Waals surface area contributed by atoms with Gasteiger partial charge in [0, 0.05) is 11.3 Å². The molecular weight excluding hydrogens is 315 g/mol. The average molecular weight is 330 g/mol. The lowest BCUT2D eigenvalue weighted by Gasteiger charge is -2.11. The van der Waals surface area contributed by atoms with Crippen molar-refractivity contribution in [2.24, 2.45) is 5.73 Å². The third kappa shape index (κ3) is 4.79. The first-order valence-corrected chi connectivity index (χ1v) is 7.04. The van der Waals surface area contributed by atoms with E-state index in [4.69, 9.17) is 5.73 Å². The van der Waals surface area contributed by atoms with Crippen molar-refractivity contribution in [3.8, 4) is 0 Å².